The lowest BCUT2D eigenvalue weighted by Crippen LogP contribution is -2.19. The van der Waals surface area contributed by atoms with Gasteiger partial charge in [-0.15, -0.1) is 0 Å². The summed E-state index contributed by atoms with van der Waals surface area (Å²) in [5, 5.41) is 17.6. The Balaban J connectivity index is 0.000000561. The Morgan fingerprint density at radius 3 is 1.25 bits per heavy atom. The molecule has 0 heterocycles. The first-order valence-corrected chi connectivity index (χ1v) is 4.42. The van der Waals surface area contributed by atoms with Crippen molar-refractivity contribution in [1.82, 2.24) is 0 Å². The lowest BCUT2D eigenvalue weighted by atomic mass is 9.83. The van der Waals surface area contributed by atoms with Crippen molar-refractivity contribution < 1.29 is 10.2 Å². The van der Waals surface area contributed by atoms with Gasteiger partial charge in [0, 0.05) is 13.2 Å². The molecule has 0 saturated heterocycles. The van der Waals surface area contributed by atoms with Crippen molar-refractivity contribution in [1.29, 1.82) is 0 Å². The topological polar surface area (TPSA) is 92.5 Å². The van der Waals surface area contributed by atoms with Crippen LogP contribution in [0, 0.1) is 11.8 Å². The van der Waals surface area contributed by atoms with Gasteiger partial charge in [-0.1, -0.05) is 0 Å². The lowest BCUT2D eigenvalue weighted by molar-refractivity contribution is 0.131. The van der Waals surface area contributed by atoms with Crippen LogP contribution in [0.4, 0.5) is 0 Å². The second kappa shape index (κ2) is 7.49. The van der Waals surface area contributed by atoms with Gasteiger partial charge in [0.15, 0.2) is 0 Å². The van der Waals surface area contributed by atoms with Crippen LogP contribution in [0.25, 0.3) is 0 Å². The molecular weight excluding hydrogens is 156 g/mol. The van der Waals surface area contributed by atoms with Gasteiger partial charge in [-0.05, 0) is 37.5 Å². The summed E-state index contributed by atoms with van der Waals surface area (Å²) < 4.78 is 0. The van der Waals surface area contributed by atoms with Crippen molar-refractivity contribution in [2.75, 3.05) is 13.2 Å². The summed E-state index contributed by atoms with van der Waals surface area (Å²) in [4.78, 5) is 0. The van der Waals surface area contributed by atoms with Gasteiger partial charge >= 0.3 is 0 Å². The molecule has 1 fully saturated rings. The predicted molar refractivity (Wildman–Crippen MR) is 48.0 cm³/mol. The van der Waals surface area contributed by atoms with E-state index in [2.05, 4.69) is 11.7 Å². The van der Waals surface area contributed by atoms with Crippen LogP contribution in [0.5, 0.6) is 0 Å². The molecule has 0 amide bonds. The van der Waals surface area contributed by atoms with Crippen molar-refractivity contribution in [2.24, 2.45) is 23.5 Å². The van der Waals surface area contributed by atoms with Crippen LogP contribution in [0.2, 0.25) is 0 Å². The number of hydrogen-bond donors (Lipinski definition) is 4. The molecule has 0 spiro atoms. The third-order valence-electron chi connectivity index (χ3n) is 2.48. The summed E-state index contributed by atoms with van der Waals surface area (Å²) in [6, 6.07) is 0. The van der Waals surface area contributed by atoms with Crippen LogP contribution >= 0.6 is 0 Å². The average molecular weight is 176 g/mol. The van der Waals surface area contributed by atoms with Crippen LogP contribution in [-0.2, 0) is 0 Å². The summed E-state index contributed by atoms with van der Waals surface area (Å²) in [5.41, 5.74) is 0. The molecule has 0 aromatic heterocycles. The van der Waals surface area contributed by atoms with Crippen molar-refractivity contribution in [3.63, 3.8) is 0 Å². The fraction of sp³-hybridized carbons (Fsp3) is 1.00. The Kier molecular flexibility index (Phi) is 7.39. The van der Waals surface area contributed by atoms with Gasteiger partial charge in [-0.2, -0.15) is 0 Å². The zero-order valence-electron chi connectivity index (χ0n) is 7.45. The standard InChI is InChI=1S/C8H16O2.H4N2/c9-5-7-1-2-8(6-10)4-3-7;1-2/h7-10H,1-6H2;1-2H2. The largest absolute Gasteiger partial charge is 0.396 e. The summed E-state index contributed by atoms with van der Waals surface area (Å²) in [6.07, 6.45) is 4.40. The first-order chi connectivity index (χ1) is 5.86. The minimum absolute atomic E-state index is 0.331. The minimum Gasteiger partial charge on any atom is -0.396 e. The Hall–Kier alpha value is -0.160. The maximum Gasteiger partial charge on any atom is 0.0459 e. The Bertz CT molecular complexity index is 81.1. The first kappa shape index (κ1) is 11.8. The molecule has 0 unspecified atom stereocenters. The van der Waals surface area contributed by atoms with Crippen molar-refractivity contribution in [2.45, 2.75) is 25.7 Å². The second-order valence-corrected chi connectivity index (χ2v) is 3.25. The SMILES string of the molecule is NN.OCC1CCC(CO)CC1. The van der Waals surface area contributed by atoms with E-state index >= 15 is 0 Å². The number of hydrazine groups is 1. The molecule has 0 atom stereocenters. The normalized spacial score (nSPS) is 29.0. The maximum atomic E-state index is 8.79. The van der Waals surface area contributed by atoms with Crippen molar-refractivity contribution in [3.05, 3.63) is 0 Å². The molecule has 4 nitrogen and oxygen atoms in total. The Morgan fingerprint density at radius 1 is 0.833 bits per heavy atom. The predicted octanol–water partition coefficient (Wildman–Crippen LogP) is -0.404. The molecule has 74 valence electrons. The minimum atomic E-state index is 0.331. The number of aliphatic hydroxyl groups excluding tert-OH is 2. The van der Waals surface area contributed by atoms with E-state index in [1.54, 1.807) is 0 Å². The van der Waals surface area contributed by atoms with Crippen LogP contribution in [-0.4, -0.2) is 23.4 Å². The second-order valence-electron chi connectivity index (χ2n) is 3.25. The highest BCUT2D eigenvalue weighted by Gasteiger charge is 2.19. The van der Waals surface area contributed by atoms with Gasteiger partial charge in [0.1, 0.15) is 0 Å². The summed E-state index contributed by atoms with van der Waals surface area (Å²) in [7, 11) is 0. The number of aliphatic hydroxyl groups is 2. The van der Waals surface area contributed by atoms with E-state index in [1.807, 2.05) is 0 Å². The van der Waals surface area contributed by atoms with Gasteiger partial charge in [0.2, 0.25) is 0 Å². The molecule has 4 heteroatoms. The zero-order chi connectivity index (χ0) is 9.40. The van der Waals surface area contributed by atoms with E-state index in [-0.39, 0.29) is 0 Å². The van der Waals surface area contributed by atoms with E-state index in [4.69, 9.17) is 10.2 Å². The number of hydrogen-bond acceptors (Lipinski definition) is 4. The molecule has 1 aliphatic carbocycles. The molecule has 0 aromatic carbocycles. The third kappa shape index (κ3) is 4.01. The maximum absolute atomic E-state index is 8.79. The molecule has 1 saturated carbocycles. The third-order valence-corrected chi connectivity index (χ3v) is 2.48. The molecule has 6 N–H and O–H groups in total. The highest BCUT2D eigenvalue weighted by atomic mass is 16.3. The van der Waals surface area contributed by atoms with Crippen LogP contribution in [0.3, 0.4) is 0 Å². The quantitative estimate of drug-likeness (QED) is 0.340. The molecule has 12 heavy (non-hydrogen) atoms. The van der Waals surface area contributed by atoms with Gasteiger partial charge in [-0.25, -0.2) is 0 Å². The van der Waals surface area contributed by atoms with Crippen LogP contribution < -0.4 is 11.7 Å². The van der Waals surface area contributed by atoms with Gasteiger partial charge in [-0.3, -0.25) is 11.7 Å². The first-order valence-electron chi connectivity index (χ1n) is 4.42. The summed E-state index contributed by atoms with van der Waals surface area (Å²) in [6.45, 7) is 0.663. The van der Waals surface area contributed by atoms with Crippen LogP contribution in [0.15, 0.2) is 0 Å². The smallest absolute Gasteiger partial charge is 0.0459 e. The molecule has 0 radical (unpaired) electrons. The van der Waals surface area contributed by atoms with Gasteiger partial charge in [0.25, 0.3) is 0 Å². The number of nitrogens with two attached hydrogens (primary N) is 2. The lowest BCUT2D eigenvalue weighted by Gasteiger charge is -2.25. The van der Waals surface area contributed by atoms with E-state index in [0.29, 0.717) is 25.0 Å². The Labute approximate surface area is 73.5 Å². The molecule has 0 aliphatic heterocycles. The molecule has 1 rings (SSSR count). The fourth-order valence-corrected chi connectivity index (χ4v) is 1.60. The fourth-order valence-electron chi connectivity index (χ4n) is 1.60. The average Bonchev–Trinajstić information content (AvgIpc) is 2.21. The Morgan fingerprint density at radius 2 is 1.08 bits per heavy atom. The highest BCUT2D eigenvalue weighted by molar-refractivity contribution is 4.70. The van der Waals surface area contributed by atoms with Crippen molar-refractivity contribution >= 4 is 0 Å². The summed E-state index contributed by atoms with van der Waals surface area (Å²) in [5.74, 6) is 9.03. The van der Waals surface area contributed by atoms with Gasteiger partial charge < -0.3 is 10.2 Å². The van der Waals surface area contributed by atoms with Crippen molar-refractivity contribution in [3.8, 4) is 0 Å². The number of rotatable bonds is 2. The van der Waals surface area contributed by atoms with E-state index < -0.39 is 0 Å². The summed E-state index contributed by atoms with van der Waals surface area (Å²) >= 11 is 0. The van der Waals surface area contributed by atoms with E-state index in [1.165, 1.54) is 0 Å². The van der Waals surface area contributed by atoms with Gasteiger partial charge in [0.05, 0.1) is 0 Å². The van der Waals surface area contributed by atoms with Crippen LogP contribution in [0.1, 0.15) is 25.7 Å². The molecule has 0 bridgehead atoms. The molecule has 1 aliphatic rings. The molecule has 0 aromatic rings. The van der Waals surface area contributed by atoms with E-state index in [0.717, 1.165) is 25.7 Å². The monoisotopic (exact) mass is 176 g/mol. The zero-order valence-corrected chi connectivity index (χ0v) is 7.45. The van der Waals surface area contributed by atoms with E-state index in [9.17, 15) is 0 Å². The molecular formula is C8H20N2O2. The highest BCUT2D eigenvalue weighted by Crippen LogP contribution is 2.27.